The zero-order valence-electron chi connectivity index (χ0n) is 13.6. The minimum atomic E-state index is 0.242. The highest BCUT2D eigenvalue weighted by Gasteiger charge is 2.34. The Morgan fingerprint density at radius 1 is 1.23 bits per heavy atom. The fourth-order valence-electron chi connectivity index (χ4n) is 4.04. The van der Waals surface area contributed by atoms with E-state index in [4.69, 9.17) is 0 Å². The largest absolute Gasteiger partial charge is 0.354 e. The van der Waals surface area contributed by atoms with Crippen molar-refractivity contribution in [2.24, 2.45) is 5.92 Å². The van der Waals surface area contributed by atoms with Crippen LogP contribution in [0, 0.1) is 5.92 Å². The summed E-state index contributed by atoms with van der Waals surface area (Å²) in [5.74, 6) is 0.826. The van der Waals surface area contributed by atoms with Gasteiger partial charge in [-0.2, -0.15) is 0 Å². The lowest BCUT2D eigenvalue weighted by atomic mass is 9.89. The summed E-state index contributed by atoms with van der Waals surface area (Å²) in [6.07, 6.45) is 7.72. The lowest BCUT2D eigenvalue weighted by Crippen LogP contribution is -2.40. The minimum Gasteiger partial charge on any atom is -0.354 e. The summed E-state index contributed by atoms with van der Waals surface area (Å²) in [7, 11) is 0. The number of rotatable bonds is 6. The van der Waals surface area contributed by atoms with E-state index in [0.29, 0.717) is 24.4 Å². The van der Waals surface area contributed by atoms with Crippen LogP contribution in [-0.2, 0) is 11.2 Å². The van der Waals surface area contributed by atoms with Crippen LogP contribution in [0.25, 0.3) is 0 Å². The first-order valence-electron chi connectivity index (χ1n) is 8.78. The molecular formula is C19H28N2O. The predicted molar refractivity (Wildman–Crippen MR) is 89.7 cm³/mol. The van der Waals surface area contributed by atoms with Gasteiger partial charge in [0.2, 0.25) is 5.91 Å². The molecule has 22 heavy (non-hydrogen) atoms. The number of carbonyl (C=O) groups is 1. The molecule has 3 rings (SSSR count). The van der Waals surface area contributed by atoms with E-state index in [9.17, 15) is 4.79 Å². The Kier molecular flexibility index (Phi) is 5.14. The van der Waals surface area contributed by atoms with E-state index in [-0.39, 0.29) is 11.9 Å². The number of hydrogen-bond donors (Lipinski definition) is 2. The molecule has 1 aromatic rings. The van der Waals surface area contributed by atoms with E-state index in [2.05, 4.69) is 41.8 Å². The summed E-state index contributed by atoms with van der Waals surface area (Å²) in [6, 6.07) is 12.1. The summed E-state index contributed by atoms with van der Waals surface area (Å²) >= 11 is 0. The third-order valence-corrected chi connectivity index (χ3v) is 5.16. The second kappa shape index (κ2) is 7.28. The van der Waals surface area contributed by atoms with Crippen LogP contribution in [0.2, 0.25) is 0 Å². The molecule has 3 heteroatoms. The monoisotopic (exact) mass is 300 g/mol. The summed E-state index contributed by atoms with van der Waals surface area (Å²) in [6.45, 7) is 2.12. The highest BCUT2D eigenvalue weighted by atomic mass is 16.1. The lowest BCUT2D eigenvalue weighted by Gasteiger charge is -2.29. The molecule has 0 saturated carbocycles. The molecule has 1 aromatic carbocycles. The van der Waals surface area contributed by atoms with Gasteiger partial charge < -0.3 is 10.6 Å². The number of amides is 1. The average molecular weight is 300 g/mol. The Balaban J connectivity index is 1.38. The number of nitrogens with one attached hydrogen (secondary N) is 2. The Labute approximate surface area is 133 Å². The van der Waals surface area contributed by atoms with E-state index < -0.39 is 0 Å². The molecule has 2 saturated heterocycles. The van der Waals surface area contributed by atoms with Crippen LogP contribution in [0.5, 0.6) is 0 Å². The molecule has 120 valence electrons. The van der Waals surface area contributed by atoms with Crippen LogP contribution in [-0.4, -0.2) is 24.0 Å². The van der Waals surface area contributed by atoms with Gasteiger partial charge in [0, 0.05) is 24.5 Å². The second-order valence-electron chi connectivity index (χ2n) is 7.17. The molecule has 3 atom stereocenters. The zero-order valence-corrected chi connectivity index (χ0v) is 13.6. The SMILES string of the molecule is CC(CCc1ccccc1)NC(=O)CC1CC2CCC(C1)N2. The van der Waals surface area contributed by atoms with Crippen molar-refractivity contribution in [1.82, 2.24) is 10.6 Å². The normalized spacial score (nSPS) is 28.3. The van der Waals surface area contributed by atoms with E-state index in [0.717, 1.165) is 12.8 Å². The number of hydrogen-bond acceptors (Lipinski definition) is 2. The summed E-state index contributed by atoms with van der Waals surface area (Å²) in [4.78, 5) is 12.2. The smallest absolute Gasteiger partial charge is 0.220 e. The molecule has 0 spiro atoms. The van der Waals surface area contributed by atoms with Gasteiger partial charge in [-0.25, -0.2) is 0 Å². The van der Waals surface area contributed by atoms with Gasteiger partial charge in [0.15, 0.2) is 0 Å². The predicted octanol–water partition coefficient (Wildman–Crippen LogP) is 3.04. The van der Waals surface area contributed by atoms with Crippen molar-refractivity contribution < 1.29 is 4.79 Å². The van der Waals surface area contributed by atoms with Crippen molar-refractivity contribution in [2.45, 2.75) is 70.0 Å². The molecule has 1 amide bonds. The summed E-state index contributed by atoms with van der Waals surface area (Å²) < 4.78 is 0. The third kappa shape index (κ3) is 4.33. The van der Waals surface area contributed by atoms with Gasteiger partial charge in [0.05, 0.1) is 0 Å². The number of fused-ring (bicyclic) bond motifs is 2. The Hall–Kier alpha value is -1.35. The fraction of sp³-hybridized carbons (Fsp3) is 0.632. The molecule has 0 aliphatic carbocycles. The minimum absolute atomic E-state index is 0.242. The molecule has 3 nitrogen and oxygen atoms in total. The molecule has 0 aromatic heterocycles. The van der Waals surface area contributed by atoms with Gasteiger partial charge in [0.1, 0.15) is 0 Å². The summed E-state index contributed by atoms with van der Waals surface area (Å²) in [5, 5.41) is 6.83. The van der Waals surface area contributed by atoms with Crippen LogP contribution in [0.15, 0.2) is 30.3 Å². The Morgan fingerprint density at radius 3 is 2.59 bits per heavy atom. The Morgan fingerprint density at radius 2 is 1.91 bits per heavy atom. The van der Waals surface area contributed by atoms with Crippen molar-refractivity contribution in [3.63, 3.8) is 0 Å². The fourth-order valence-corrected chi connectivity index (χ4v) is 4.04. The maximum absolute atomic E-state index is 12.2. The topological polar surface area (TPSA) is 41.1 Å². The molecule has 2 heterocycles. The first-order valence-corrected chi connectivity index (χ1v) is 8.78. The zero-order chi connectivity index (χ0) is 15.4. The van der Waals surface area contributed by atoms with Crippen LogP contribution >= 0.6 is 0 Å². The standard InChI is InChI=1S/C19H28N2O/c1-14(7-8-15-5-3-2-4-6-15)20-19(22)13-16-11-17-9-10-18(12-16)21-17/h2-6,14,16-18,21H,7-13H2,1H3,(H,20,22). The molecule has 2 aliphatic heterocycles. The third-order valence-electron chi connectivity index (χ3n) is 5.16. The highest BCUT2D eigenvalue weighted by Crippen LogP contribution is 2.32. The van der Waals surface area contributed by atoms with Gasteiger partial charge in [-0.15, -0.1) is 0 Å². The molecule has 3 unspecified atom stereocenters. The quantitative estimate of drug-likeness (QED) is 0.848. The number of piperidine rings is 1. The number of aryl methyl sites for hydroxylation is 1. The van der Waals surface area contributed by atoms with Gasteiger partial charge in [-0.05, 0) is 56.9 Å². The molecule has 2 fully saturated rings. The van der Waals surface area contributed by atoms with Crippen LogP contribution < -0.4 is 10.6 Å². The first kappa shape index (κ1) is 15.5. The maximum Gasteiger partial charge on any atom is 0.220 e. The molecular weight excluding hydrogens is 272 g/mol. The van der Waals surface area contributed by atoms with E-state index >= 15 is 0 Å². The highest BCUT2D eigenvalue weighted by molar-refractivity contribution is 5.76. The van der Waals surface area contributed by atoms with Crippen molar-refractivity contribution in [2.75, 3.05) is 0 Å². The van der Waals surface area contributed by atoms with Crippen molar-refractivity contribution >= 4 is 5.91 Å². The van der Waals surface area contributed by atoms with Crippen molar-refractivity contribution in [1.29, 1.82) is 0 Å². The summed E-state index contributed by atoms with van der Waals surface area (Å²) in [5.41, 5.74) is 1.35. The lowest BCUT2D eigenvalue weighted by molar-refractivity contribution is -0.122. The first-order chi connectivity index (χ1) is 10.7. The Bertz CT molecular complexity index is 475. The van der Waals surface area contributed by atoms with Gasteiger partial charge >= 0.3 is 0 Å². The van der Waals surface area contributed by atoms with Crippen molar-refractivity contribution in [3.05, 3.63) is 35.9 Å². The van der Waals surface area contributed by atoms with Crippen molar-refractivity contribution in [3.8, 4) is 0 Å². The molecule has 2 N–H and O–H groups in total. The maximum atomic E-state index is 12.2. The van der Waals surface area contributed by atoms with Crippen LogP contribution in [0.3, 0.4) is 0 Å². The van der Waals surface area contributed by atoms with Gasteiger partial charge in [-0.3, -0.25) is 4.79 Å². The molecule has 2 aliphatic rings. The van der Waals surface area contributed by atoms with Gasteiger partial charge in [0.25, 0.3) is 0 Å². The molecule has 0 radical (unpaired) electrons. The average Bonchev–Trinajstić information content (AvgIpc) is 2.85. The molecule has 2 bridgehead atoms. The van der Waals surface area contributed by atoms with E-state index in [1.54, 1.807) is 0 Å². The number of carbonyl (C=O) groups excluding carboxylic acids is 1. The van der Waals surface area contributed by atoms with E-state index in [1.807, 2.05) is 6.07 Å². The van der Waals surface area contributed by atoms with Crippen LogP contribution in [0.1, 0.15) is 51.0 Å². The van der Waals surface area contributed by atoms with E-state index in [1.165, 1.54) is 31.2 Å². The van der Waals surface area contributed by atoms with Gasteiger partial charge in [-0.1, -0.05) is 30.3 Å². The van der Waals surface area contributed by atoms with Crippen LogP contribution in [0.4, 0.5) is 0 Å². The second-order valence-corrected chi connectivity index (χ2v) is 7.17. The number of benzene rings is 1.